The molecule has 3 rings (SSSR count). The van der Waals surface area contributed by atoms with Gasteiger partial charge in [0.25, 0.3) is 11.8 Å². The lowest BCUT2D eigenvalue weighted by molar-refractivity contribution is -0.136. The first-order chi connectivity index (χ1) is 13.5. The summed E-state index contributed by atoms with van der Waals surface area (Å²) in [5.41, 5.74) is 2.38. The molecule has 0 spiro atoms. The van der Waals surface area contributed by atoms with Crippen molar-refractivity contribution in [2.75, 3.05) is 13.2 Å². The fourth-order valence-electron chi connectivity index (χ4n) is 2.97. The second-order valence-electron chi connectivity index (χ2n) is 7.02. The zero-order valence-electron chi connectivity index (χ0n) is 16.5. The number of thioether (sulfide) groups is 1. The standard InChI is InChI=1S/C23H25NO3S/c1-16(2)27-15-7-14-24-22(25)20(18-12-10-17(3)11-13-18)21(23(24)26)28-19-8-5-4-6-9-19/h4-6,8-13,16H,7,14-15H2,1-3H3. The number of hydrogen-bond acceptors (Lipinski definition) is 4. The van der Waals surface area contributed by atoms with Gasteiger partial charge in [0, 0.05) is 18.0 Å². The van der Waals surface area contributed by atoms with Gasteiger partial charge in [0.2, 0.25) is 0 Å². The lowest BCUT2D eigenvalue weighted by Crippen LogP contribution is -2.33. The predicted octanol–water partition coefficient (Wildman–Crippen LogP) is 4.68. The van der Waals surface area contributed by atoms with Gasteiger partial charge in [-0.2, -0.15) is 0 Å². The van der Waals surface area contributed by atoms with Crippen molar-refractivity contribution in [1.82, 2.24) is 4.90 Å². The van der Waals surface area contributed by atoms with Crippen molar-refractivity contribution in [3.8, 4) is 0 Å². The molecule has 0 saturated heterocycles. The lowest BCUT2D eigenvalue weighted by Gasteiger charge is -2.15. The Morgan fingerprint density at radius 2 is 1.64 bits per heavy atom. The largest absolute Gasteiger partial charge is 0.379 e. The van der Waals surface area contributed by atoms with E-state index in [-0.39, 0.29) is 17.9 Å². The summed E-state index contributed by atoms with van der Waals surface area (Å²) in [5, 5.41) is 0. The molecule has 5 heteroatoms. The van der Waals surface area contributed by atoms with Crippen molar-refractivity contribution >= 4 is 29.1 Å². The quantitative estimate of drug-likeness (QED) is 0.481. The van der Waals surface area contributed by atoms with E-state index >= 15 is 0 Å². The van der Waals surface area contributed by atoms with Crippen LogP contribution in [0.3, 0.4) is 0 Å². The molecule has 146 valence electrons. The van der Waals surface area contributed by atoms with Crippen LogP contribution < -0.4 is 0 Å². The van der Waals surface area contributed by atoms with Gasteiger partial charge in [0.1, 0.15) is 0 Å². The molecule has 0 atom stereocenters. The number of carbonyl (C=O) groups is 2. The van der Waals surface area contributed by atoms with Crippen LogP contribution in [0.5, 0.6) is 0 Å². The molecule has 0 unspecified atom stereocenters. The molecule has 1 aliphatic heterocycles. The van der Waals surface area contributed by atoms with Crippen LogP contribution in [0.4, 0.5) is 0 Å². The summed E-state index contributed by atoms with van der Waals surface area (Å²) < 4.78 is 5.55. The van der Waals surface area contributed by atoms with Gasteiger partial charge in [0.05, 0.1) is 16.6 Å². The van der Waals surface area contributed by atoms with E-state index in [4.69, 9.17) is 4.74 Å². The number of aryl methyl sites for hydroxylation is 1. The van der Waals surface area contributed by atoms with Gasteiger partial charge in [-0.15, -0.1) is 0 Å². The van der Waals surface area contributed by atoms with Crippen LogP contribution in [-0.2, 0) is 14.3 Å². The average molecular weight is 396 g/mol. The van der Waals surface area contributed by atoms with Crippen LogP contribution >= 0.6 is 11.8 Å². The van der Waals surface area contributed by atoms with E-state index in [0.29, 0.717) is 30.1 Å². The van der Waals surface area contributed by atoms with Gasteiger partial charge in [0.15, 0.2) is 0 Å². The predicted molar refractivity (Wildman–Crippen MR) is 113 cm³/mol. The first kappa shape index (κ1) is 20.4. The normalized spacial score (nSPS) is 14.5. The van der Waals surface area contributed by atoms with Crippen LogP contribution in [0.1, 0.15) is 31.4 Å². The van der Waals surface area contributed by atoms with E-state index in [2.05, 4.69) is 0 Å². The second kappa shape index (κ2) is 9.22. The molecular weight excluding hydrogens is 370 g/mol. The minimum Gasteiger partial charge on any atom is -0.379 e. The third-order valence-electron chi connectivity index (χ3n) is 4.41. The van der Waals surface area contributed by atoms with Crippen molar-refractivity contribution in [2.45, 2.75) is 38.2 Å². The minimum absolute atomic E-state index is 0.135. The molecule has 0 fully saturated rings. The second-order valence-corrected chi connectivity index (χ2v) is 8.10. The van der Waals surface area contributed by atoms with Crippen molar-refractivity contribution in [3.05, 3.63) is 70.6 Å². The summed E-state index contributed by atoms with van der Waals surface area (Å²) in [4.78, 5) is 29.0. The summed E-state index contributed by atoms with van der Waals surface area (Å²) in [6.45, 7) is 6.82. The number of benzene rings is 2. The molecule has 2 amide bonds. The molecule has 0 N–H and O–H groups in total. The molecule has 28 heavy (non-hydrogen) atoms. The molecular formula is C23H25NO3S. The Kier molecular flexibility index (Phi) is 6.70. The Hall–Kier alpha value is -2.37. The topological polar surface area (TPSA) is 46.6 Å². The smallest absolute Gasteiger partial charge is 0.268 e. The highest BCUT2D eigenvalue weighted by Crippen LogP contribution is 2.39. The molecule has 1 heterocycles. The maximum Gasteiger partial charge on any atom is 0.268 e. The van der Waals surface area contributed by atoms with E-state index in [1.54, 1.807) is 0 Å². The third-order valence-corrected chi connectivity index (χ3v) is 5.50. The van der Waals surface area contributed by atoms with Crippen LogP contribution in [0.15, 0.2) is 64.4 Å². The summed E-state index contributed by atoms with van der Waals surface area (Å²) in [5.74, 6) is -0.448. The van der Waals surface area contributed by atoms with E-state index < -0.39 is 0 Å². The molecule has 0 radical (unpaired) electrons. The molecule has 2 aromatic rings. The summed E-state index contributed by atoms with van der Waals surface area (Å²) in [7, 11) is 0. The Morgan fingerprint density at radius 3 is 2.29 bits per heavy atom. The maximum atomic E-state index is 13.1. The zero-order valence-corrected chi connectivity index (χ0v) is 17.3. The Bertz CT molecular complexity index is 872. The number of imide groups is 1. The monoisotopic (exact) mass is 395 g/mol. The Balaban J connectivity index is 1.88. The SMILES string of the molecule is Cc1ccc(C2=C(Sc3ccccc3)C(=O)N(CCCOC(C)C)C2=O)cc1. The van der Waals surface area contributed by atoms with Crippen LogP contribution in [0, 0.1) is 6.92 Å². The van der Waals surface area contributed by atoms with Gasteiger partial charge >= 0.3 is 0 Å². The first-order valence-corrected chi connectivity index (χ1v) is 10.3. The Labute approximate surface area is 170 Å². The number of hydrogen-bond donors (Lipinski definition) is 0. The fourth-order valence-corrected chi connectivity index (χ4v) is 4.01. The van der Waals surface area contributed by atoms with Crippen molar-refractivity contribution < 1.29 is 14.3 Å². The maximum absolute atomic E-state index is 13.1. The van der Waals surface area contributed by atoms with E-state index in [1.165, 1.54) is 16.7 Å². The van der Waals surface area contributed by atoms with Crippen LogP contribution in [0.25, 0.3) is 5.57 Å². The number of nitrogens with zero attached hydrogens (tertiary/aromatic N) is 1. The van der Waals surface area contributed by atoms with Crippen LogP contribution in [-0.4, -0.2) is 36.0 Å². The number of carbonyl (C=O) groups excluding carboxylic acids is 2. The highest BCUT2D eigenvalue weighted by molar-refractivity contribution is 8.04. The van der Waals surface area contributed by atoms with Crippen LogP contribution in [0.2, 0.25) is 0 Å². The molecule has 0 aromatic heterocycles. The Morgan fingerprint density at radius 1 is 0.964 bits per heavy atom. The molecule has 0 saturated carbocycles. The highest BCUT2D eigenvalue weighted by atomic mass is 32.2. The molecule has 0 bridgehead atoms. The van der Waals surface area contributed by atoms with Crippen molar-refractivity contribution in [3.63, 3.8) is 0 Å². The molecule has 0 aliphatic carbocycles. The number of ether oxygens (including phenoxy) is 1. The lowest BCUT2D eigenvalue weighted by atomic mass is 10.0. The fraction of sp³-hybridized carbons (Fsp3) is 0.304. The molecule has 1 aliphatic rings. The third kappa shape index (κ3) is 4.72. The summed E-state index contributed by atoms with van der Waals surface area (Å²) in [6.07, 6.45) is 0.760. The number of rotatable bonds is 8. The van der Waals surface area contributed by atoms with Crippen molar-refractivity contribution in [2.24, 2.45) is 0 Å². The van der Waals surface area contributed by atoms with Gasteiger partial charge in [-0.05, 0) is 44.9 Å². The van der Waals surface area contributed by atoms with E-state index in [0.717, 1.165) is 16.0 Å². The van der Waals surface area contributed by atoms with Crippen molar-refractivity contribution in [1.29, 1.82) is 0 Å². The van der Waals surface area contributed by atoms with Gasteiger partial charge in [-0.3, -0.25) is 14.5 Å². The number of amides is 2. The van der Waals surface area contributed by atoms with Gasteiger partial charge in [-0.1, -0.05) is 59.8 Å². The first-order valence-electron chi connectivity index (χ1n) is 9.49. The van der Waals surface area contributed by atoms with Gasteiger partial charge in [-0.25, -0.2) is 0 Å². The zero-order chi connectivity index (χ0) is 20.1. The summed E-state index contributed by atoms with van der Waals surface area (Å²) in [6, 6.07) is 17.4. The van der Waals surface area contributed by atoms with E-state index in [1.807, 2.05) is 75.4 Å². The van der Waals surface area contributed by atoms with Gasteiger partial charge < -0.3 is 4.74 Å². The average Bonchev–Trinajstić information content (AvgIpc) is 2.90. The molecule has 4 nitrogen and oxygen atoms in total. The van der Waals surface area contributed by atoms with E-state index in [9.17, 15) is 9.59 Å². The summed E-state index contributed by atoms with van der Waals surface area (Å²) >= 11 is 1.35. The highest BCUT2D eigenvalue weighted by Gasteiger charge is 2.39. The molecule has 2 aromatic carbocycles. The minimum atomic E-state index is -0.225.